The Morgan fingerprint density at radius 2 is 1.95 bits per heavy atom. The lowest BCUT2D eigenvalue weighted by Gasteiger charge is -2.10. The minimum Gasteiger partial charge on any atom is -0.299 e. The summed E-state index contributed by atoms with van der Waals surface area (Å²) in [5.74, 6) is 0.267. The van der Waals surface area contributed by atoms with E-state index in [1.807, 2.05) is 27.7 Å². The maximum Gasteiger partial charge on any atom is 0.313 e. The lowest BCUT2D eigenvalue weighted by Crippen LogP contribution is -2.14. The number of aromatic nitrogens is 2. The normalized spacial score (nSPS) is 11.3. The number of carbonyl (C=O) groups is 1. The number of Topliss-reactive ketones (excluding diaryl/α,β-unsaturated/α-hetero) is 1. The fourth-order valence-electron chi connectivity index (χ4n) is 2.13. The van der Waals surface area contributed by atoms with Gasteiger partial charge < -0.3 is 0 Å². The second kappa shape index (κ2) is 5.95. The van der Waals surface area contributed by atoms with Gasteiger partial charge in [0.2, 0.25) is 0 Å². The minimum absolute atomic E-state index is 0.00532. The molecule has 0 atom stereocenters. The van der Waals surface area contributed by atoms with Gasteiger partial charge in [0.05, 0.1) is 11.3 Å². The van der Waals surface area contributed by atoms with E-state index in [9.17, 15) is 14.9 Å². The van der Waals surface area contributed by atoms with Gasteiger partial charge in [0.25, 0.3) is 0 Å². The van der Waals surface area contributed by atoms with E-state index >= 15 is 0 Å². The lowest BCUT2D eigenvalue weighted by atomic mass is 10.0. The Hall–Kier alpha value is -1.72. The molecule has 1 heterocycles. The van der Waals surface area contributed by atoms with Crippen LogP contribution in [0.1, 0.15) is 51.5 Å². The van der Waals surface area contributed by atoms with Gasteiger partial charge in [0.1, 0.15) is 17.2 Å². The summed E-state index contributed by atoms with van der Waals surface area (Å²) in [6.45, 7) is 9.31. The van der Waals surface area contributed by atoms with E-state index in [4.69, 9.17) is 0 Å². The van der Waals surface area contributed by atoms with Crippen LogP contribution >= 0.6 is 0 Å². The van der Waals surface area contributed by atoms with Crippen LogP contribution in [0.15, 0.2) is 0 Å². The second-order valence-corrected chi connectivity index (χ2v) is 5.49. The van der Waals surface area contributed by atoms with Crippen LogP contribution in [0.4, 0.5) is 5.69 Å². The summed E-state index contributed by atoms with van der Waals surface area (Å²) >= 11 is 0. The van der Waals surface area contributed by atoms with Gasteiger partial charge in [-0.3, -0.25) is 19.6 Å². The molecule has 0 unspecified atom stereocenters. The summed E-state index contributed by atoms with van der Waals surface area (Å²) in [4.78, 5) is 22.6. The molecule has 0 amide bonds. The van der Waals surface area contributed by atoms with E-state index in [0.717, 1.165) is 0 Å². The van der Waals surface area contributed by atoms with Crippen molar-refractivity contribution in [2.24, 2.45) is 5.92 Å². The van der Waals surface area contributed by atoms with Crippen LogP contribution in [0, 0.1) is 23.0 Å². The molecule has 6 heteroatoms. The molecule has 0 fully saturated rings. The molecule has 106 valence electrons. The van der Waals surface area contributed by atoms with Gasteiger partial charge >= 0.3 is 5.69 Å². The molecule has 0 aliphatic carbocycles. The molecule has 0 radical (unpaired) electrons. The molecule has 0 N–H and O–H groups in total. The Morgan fingerprint density at radius 3 is 2.37 bits per heavy atom. The third-order valence-corrected chi connectivity index (χ3v) is 2.82. The Bertz CT molecular complexity index is 490. The number of rotatable bonds is 6. The van der Waals surface area contributed by atoms with E-state index in [0.29, 0.717) is 17.8 Å². The molecule has 0 bridgehead atoms. The molecule has 6 nitrogen and oxygen atoms in total. The van der Waals surface area contributed by atoms with Gasteiger partial charge in [-0.15, -0.1) is 0 Å². The third-order valence-electron chi connectivity index (χ3n) is 2.82. The highest BCUT2D eigenvalue weighted by Gasteiger charge is 2.27. The van der Waals surface area contributed by atoms with Crippen molar-refractivity contribution in [3.63, 3.8) is 0 Å². The average molecular weight is 267 g/mol. The van der Waals surface area contributed by atoms with Crippen molar-refractivity contribution in [3.05, 3.63) is 21.5 Å². The molecule has 19 heavy (non-hydrogen) atoms. The zero-order chi connectivity index (χ0) is 14.7. The van der Waals surface area contributed by atoms with Gasteiger partial charge in [0, 0.05) is 12.5 Å². The van der Waals surface area contributed by atoms with Crippen molar-refractivity contribution in [2.75, 3.05) is 0 Å². The Morgan fingerprint density at radius 1 is 1.37 bits per heavy atom. The molecular formula is C13H21N3O3. The third kappa shape index (κ3) is 3.62. The highest BCUT2D eigenvalue weighted by atomic mass is 16.6. The number of hydrogen-bond donors (Lipinski definition) is 0. The van der Waals surface area contributed by atoms with E-state index in [2.05, 4.69) is 5.10 Å². The summed E-state index contributed by atoms with van der Waals surface area (Å²) in [7, 11) is 0. The first-order valence-electron chi connectivity index (χ1n) is 6.48. The van der Waals surface area contributed by atoms with Crippen LogP contribution in [-0.2, 0) is 11.2 Å². The number of nitrogens with zero attached hydrogens (tertiary/aromatic N) is 3. The van der Waals surface area contributed by atoms with Crippen LogP contribution < -0.4 is 0 Å². The molecule has 0 saturated carbocycles. The summed E-state index contributed by atoms with van der Waals surface area (Å²) in [5.41, 5.74) is 0.764. The Kier molecular flexibility index (Phi) is 4.80. The van der Waals surface area contributed by atoms with Crippen molar-refractivity contribution in [1.29, 1.82) is 0 Å². The first-order chi connectivity index (χ1) is 8.73. The molecular weight excluding hydrogens is 246 g/mol. The summed E-state index contributed by atoms with van der Waals surface area (Å²) in [6, 6.07) is -0.00532. The molecule has 0 aliphatic heterocycles. The molecule has 0 spiro atoms. The smallest absolute Gasteiger partial charge is 0.299 e. The van der Waals surface area contributed by atoms with E-state index in [1.165, 1.54) is 0 Å². The van der Waals surface area contributed by atoms with Crippen molar-refractivity contribution < 1.29 is 9.72 Å². The zero-order valence-electron chi connectivity index (χ0n) is 12.1. The van der Waals surface area contributed by atoms with Crippen molar-refractivity contribution in [1.82, 2.24) is 9.78 Å². The molecule has 0 saturated heterocycles. The number of aryl methyl sites for hydroxylation is 1. The van der Waals surface area contributed by atoms with Gasteiger partial charge in [-0.1, -0.05) is 13.8 Å². The standard InChI is InChI=1S/C13H21N3O3/c1-8(2)6-11(17)7-12-13(16(18)19)10(5)14-15(12)9(3)4/h8-9H,6-7H2,1-5H3. The minimum atomic E-state index is -0.445. The predicted molar refractivity (Wildman–Crippen MR) is 72.2 cm³/mol. The molecule has 1 rings (SSSR count). The quantitative estimate of drug-likeness (QED) is 0.586. The topological polar surface area (TPSA) is 78.0 Å². The van der Waals surface area contributed by atoms with Crippen molar-refractivity contribution in [2.45, 2.75) is 53.5 Å². The predicted octanol–water partition coefficient (Wildman–Crippen LogP) is 2.84. The highest BCUT2D eigenvalue weighted by molar-refractivity contribution is 5.81. The molecule has 1 aromatic rings. The number of nitro groups is 1. The van der Waals surface area contributed by atoms with Gasteiger partial charge in [-0.05, 0) is 26.7 Å². The fraction of sp³-hybridized carbons (Fsp3) is 0.692. The van der Waals surface area contributed by atoms with Crippen LogP contribution in [0.2, 0.25) is 0 Å². The monoisotopic (exact) mass is 267 g/mol. The van der Waals surface area contributed by atoms with E-state index in [1.54, 1.807) is 11.6 Å². The Balaban J connectivity index is 3.15. The van der Waals surface area contributed by atoms with Crippen molar-refractivity contribution >= 4 is 11.5 Å². The molecule has 1 aromatic heterocycles. The molecule has 0 aliphatic rings. The zero-order valence-corrected chi connectivity index (χ0v) is 12.1. The van der Waals surface area contributed by atoms with Crippen molar-refractivity contribution in [3.8, 4) is 0 Å². The van der Waals surface area contributed by atoms with E-state index in [-0.39, 0.29) is 29.9 Å². The number of hydrogen-bond acceptors (Lipinski definition) is 4. The maximum absolute atomic E-state index is 11.9. The summed E-state index contributed by atoms with van der Waals surface area (Å²) in [5, 5.41) is 15.3. The highest BCUT2D eigenvalue weighted by Crippen LogP contribution is 2.26. The fourth-order valence-corrected chi connectivity index (χ4v) is 2.13. The average Bonchev–Trinajstić information content (AvgIpc) is 2.53. The van der Waals surface area contributed by atoms with Crippen LogP contribution in [0.3, 0.4) is 0 Å². The summed E-state index contributed by atoms with van der Waals surface area (Å²) < 4.78 is 1.59. The van der Waals surface area contributed by atoms with Gasteiger partial charge in [-0.25, -0.2) is 0 Å². The lowest BCUT2D eigenvalue weighted by molar-refractivity contribution is -0.386. The maximum atomic E-state index is 11.9. The van der Waals surface area contributed by atoms with Gasteiger partial charge in [-0.2, -0.15) is 5.10 Å². The molecule has 0 aromatic carbocycles. The van der Waals surface area contributed by atoms with Crippen LogP contribution in [0.25, 0.3) is 0 Å². The second-order valence-electron chi connectivity index (χ2n) is 5.49. The number of ketones is 1. The summed E-state index contributed by atoms with van der Waals surface area (Å²) in [6.07, 6.45) is 0.507. The first kappa shape index (κ1) is 15.3. The Labute approximate surface area is 113 Å². The first-order valence-corrected chi connectivity index (χ1v) is 6.48. The van der Waals surface area contributed by atoms with E-state index < -0.39 is 4.92 Å². The number of carbonyl (C=O) groups excluding carboxylic acids is 1. The van der Waals surface area contributed by atoms with Crippen LogP contribution in [0.5, 0.6) is 0 Å². The SMILES string of the molecule is Cc1nn(C(C)C)c(CC(=O)CC(C)C)c1[N+](=O)[O-]. The largest absolute Gasteiger partial charge is 0.313 e. The van der Waals surface area contributed by atoms with Gasteiger partial charge in [0.15, 0.2) is 0 Å². The van der Waals surface area contributed by atoms with Crippen LogP contribution in [-0.4, -0.2) is 20.5 Å².